The Hall–Kier alpha value is -0.770. The van der Waals surface area contributed by atoms with Gasteiger partial charge in [0.1, 0.15) is 0 Å². The number of halogens is 2. The van der Waals surface area contributed by atoms with E-state index in [9.17, 15) is 4.79 Å². The number of carbonyl (C=O) groups excluding carboxylic acids is 1. The largest absolute Gasteiger partial charge is 0.396 e. The average Bonchev–Trinajstić information content (AvgIpc) is 3.15. The summed E-state index contributed by atoms with van der Waals surface area (Å²) in [5, 5.41) is 13.0. The number of rotatable bonds is 5. The summed E-state index contributed by atoms with van der Waals surface area (Å²) in [6.07, 6.45) is 0.820. The van der Waals surface area contributed by atoms with E-state index < -0.39 is 0 Å². The van der Waals surface area contributed by atoms with Crippen molar-refractivity contribution in [3.63, 3.8) is 0 Å². The van der Waals surface area contributed by atoms with Crippen LogP contribution in [0.4, 0.5) is 0 Å². The molecular formula is C14H17Cl2NO2. The third-order valence-corrected chi connectivity index (χ3v) is 3.99. The standard InChI is InChI=1S/C14H17Cl2NO2/c1-8(7-18)6-17-14(19)12-5-11(12)10-3-2-9(15)4-13(10)16/h2-4,8,11-12,18H,5-7H2,1H3,(H,17,19). The lowest BCUT2D eigenvalue weighted by atomic mass is 10.1. The van der Waals surface area contributed by atoms with Crippen molar-refractivity contribution >= 4 is 29.1 Å². The summed E-state index contributed by atoms with van der Waals surface area (Å²) in [6.45, 7) is 2.48. The molecular weight excluding hydrogens is 285 g/mol. The Morgan fingerprint density at radius 2 is 2.26 bits per heavy atom. The first kappa shape index (κ1) is 14.6. The van der Waals surface area contributed by atoms with Crippen LogP contribution in [-0.4, -0.2) is 24.2 Å². The number of aliphatic hydroxyl groups excluding tert-OH is 1. The Morgan fingerprint density at radius 3 is 2.89 bits per heavy atom. The number of benzene rings is 1. The maximum absolute atomic E-state index is 11.9. The van der Waals surface area contributed by atoms with Gasteiger partial charge in [0.15, 0.2) is 0 Å². The normalized spacial score (nSPS) is 22.9. The van der Waals surface area contributed by atoms with Crippen molar-refractivity contribution in [3.8, 4) is 0 Å². The SMILES string of the molecule is CC(CO)CNC(=O)C1CC1c1ccc(Cl)cc1Cl. The van der Waals surface area contributed by atoms with E-state index in [-0.39, 0.29) is 30.3 Å². The minimum Gasteiger partial charge on any atom is -0.396 e. The fourth-order valence-electron chi connectivity index (χ4n) is 2.10. The molecule has 1 fully saturated rings. The van der Waals surface area contributed by atoms with Crippen molar-refractivity contribution in [2.45, 2.75) is 19.3 Å². The summed E-state index contributed by atoms with van der Waals surface area (Å²) < 4.78 is 0. The Morgan fingerprint density at radius 1 is 1.53 bits per heavy atom. The lowest BCUT2D eigenvalue weighted by molar-refractivity contribution is -0.122. The second-order valence-corrected chi connectivity index (χ2v) is 5.99. The van der Waals surface area contributed by atoms with Crippen molar-refractivity contribution < 1.29 is 9.90 Å². The van der Waals surface area contributed by atoms with Crippen molar-refractivity contribution in [2.24, 2.45) is 11.8 Å². The van der Waals surface area contributed by atoms with E-state index in [4.69, 9.17) is 28.3 Å². The Bertz CT molecular complexity index is 479. The molecule has 3 atom stereocenters. The molecule has 0 spiro atoms. The number of hydrogen-bond donors (Lipinski definition) is 2. The van der Waals surface area contributed by atoms with Crippen molar-refractivity contribution in [1.82, 2.24) is 5.32 Å². The predicted molar refractivity (Wildman–Crippen MR) is 76.6 cm³/mol. The van der Waals surface area contributed by atoms with Gasteiger partial charge in [-0.1, -0.05) is 36.2 Å². The molecule has 104 valence electrons. The molecule has 3 nitrogen and oxygen atoms in total. The zero-order valence-corrected chi connectivity index (χ0v) is 12.2. The van der Waals surface area contributed by atoms with Crippen LogP contribution in [0.1, 0.15) is 24.8 Å². The number of carbonyl (C=O) groups is 1. The molecule has 1 aromatic carbocycles. The fraction of sp³-hybridized carbons (Fsp3) is 0.500. The summed E-state index contributed by atoms with van der Waals surface area (Å²) in [6, 6.07) is 5.39. The van der Waals surface area contributed by atoms with Crippen molar-refractivity contribution in [3.05, 3.63) is 33.8 Å². The smallest absolute Gasteiger partial charge is 0.223 e. The third kappa shape index (κ3) is 3.62. The monoisotopic (exact) mass is 301 g/mol. The molecule has 2 N–H and O–H groups in total. The first-order valence-electron chi connectivity index (χ1n) is 6.36. The number of aliphatic hydroxyl groups is 1. The lowest BCUT2D eigenvalue weighted by Crippen LogP contribution is -2.31. The van der Waals surface area contributed by atoms with Crippen LogP contribution in [0.15, 0.2) is 18.2 Å². The van der Waals surface area contributed by atoms with Crippen molar-refractivity contribution in [2.75, 3.05) is 13.2 Å². The molecule has 0 heterocycles. The van der Waals surface area contributed by atoms with E-state index >= 15 is 0 Å². The van der Waals surface area contributed by atoms with E-state index in [0.717, 1.165) is 12.0 Å². The fourth-order valence-corrected chi connectivity index (χ4v) is 2.65. The lowest BCUT2D eigenvalue weighted by Gasteiger charge is -2.09. The summed E-state index contributed by atoms with van der Waals surface area (Å²) in [5.74, 6) is 0.301. The molecule has 0 aliphatic heterocycles. The molecule has 0 saturated heterocycles. The topological polar surface area (TPSA) is 49.3 Å². The van der Waals surface area contributed by atoms with E-state index in [1.165, 1.54) is 0 Å². The molecule has 3 unspecified atom stereocenters. The molecule has 0 radical (unpaired) electrons. The van der Waals surface area contributed by atoms with Gasteiger partial charge in [-0.25, -0.2) is 0 Å². The molecule has 1 aliphatic rings. The second-order valence-electron chi connectivity index (χ2n) is 5.15. The Kier molecular flexibility index (Phi) is 4.71. The van der Waals surface area contributed by atoms with Gasteiger partial charge in [-0.3, -0.25) is 4.79 Å². The van der Waals surface area contributed by atoms with Crippen LogP contribution >= 0.6 is 23.2 Å². The molecule has 1 aliphatic carbocycles. The van der Waals surface area contributed by atoms with Crippen LogP contribution in [0, 0.1) is 11.8 Å². The first-order chi connectivity index (χ1) is 9.02. The molecule has 1 saturated carbocycles. The molecule has 1 aromatic rings. The zero-order chi connectivity index (χ0) is 14.0. The molecule has 5 heteroatoms. The van der Waals surface area contributed by atoms with Gasteiger partial charge >= 0.3 is 0 Å². The maximum atomic E-state index is 11.9. The Balaban J connectivity index is 1.91. The first-order valence-corrected chi connectivity index (χ1v) is 7.12. The van der Waals surface area contributed by atoms with E-state index in [0.29, 0.717) is 16.6 Å². The molecule has 1 amide bonds. The van der Waals surface area contributed by atoms with Crippen LogP contribution < -0.4 is 5.32 Å². The highest BCUT2D eigenvalue weighted by Gasteiger charge is 2.44. The number of hydrogen-bond acceptors (Lipinski definition) is 2. The van der Waals surface area contributed by atoms with Crippen LogP contribution in [0.5, 0.6) is 0 Å². The summed E-state index contributed by atoms with van der Waals surface area (Å²) >= 11 is 12.0. The van der Waals surface area contributed by atoms with Gasteiger partial charge in [0.2, 0.25) is 5.91 Å². The summed E-state index contributed by atoms with van der Waals surface area (Å²) in [7, 11) is 0. The molecule has 0 bridgehead atoms. The second kappa shape index (κ2) is 6.12. The van der Waals surface area contributed by atoms with Gasteiger partial charge in [-0.05, 0) is 36.0 Å². The molecule has 0 aromatic heterocycles. The summed E-state index contributed by atoms with van der Waals surface area (Å²) in [4.78, 5) is 11.9. The van der Waals surface area contributed by atoms with Crippen LogP contribution in [0.3, 0.4) is 0 Å². The van der Waals surface area contributed by atoms with Crippen LogP contribution in [0.2, 0.25) is 10.0 Å². The highest BCUT2D eigenvalue weighted by molar-refractivity contribution is 6.35. The van der Waals surface area contributed by atoms with Crippen LogP contribution in [-0.2, 0) is 4.79 Å². The number of nitrogens with one attached hydrogen (secondary N) is 1. The average molecular weight is 302 g/mol. The highest BCUT2D eigenvalue weighted by Crippen LogP contribution is 2.49. The third-order valence-electron chi connectivity index (χ3n) is 3.43. The van der Waals surface area contributed by atoms with Crippen molar-refractivity contribution in [1.29, 1.82) is 0 Å². The van der Waals surface area contributed by atoms with Crippen LogP contribution in [0.25, 0.3) is 0 Å². The Labute approximate surface area is 122 Å². The van der Waals surface area contributed by atoms with Gasteiger partial charge in [0, 0.05) is 29.1 Å². The van der Waals surface area contributed by atoms with E-state index in [1.54, 1.807) is 12.1 Å². The van der Waals surface area contributed by atoms with Gasteiger partial charge in [-0.2, -0.15) is 0 Å². The van der Waals surface area contributed by atoms with Gasteiger partial charge in [0.25, 0.3) is 0 Å². The molecule has 19 heavy (non-hydrogen) atoms. The van der Waals surface area contributed by atoms with Gasteiger partial charge < -0.3 is 10.4 Å². The minimum absolute atomic E-state index is 0.00966. The summed E-state index contributed by atoms with van der Waals surface area (Å²) in [5.41, 5.74) is 0.987. The molecule has 2 rings (SSSR count). The van der Waals surface area contributed by atoms with Gasteiger partial charge in [-0.15, -0.1) is 0 Å². The van der Waals surface area contributed by atoms with Gasteiger partial charge in [0.05, 0.1) is 0 Å². The minimum atomic E-state index is -0.00966. The zero-order valence-electron chi connectivity index (χ0n) is 10.7. The van der Waals surface area contributed by atoms with E-state index in [1.807, 2.05) is 13.0 Å². The number of amides is 1. The predicted octanol–water partition coefficient (Wildman–Crippen LogP) is 2.84. The van der Waals surface area contributed by atoms with E-state index in [2.05, 4.69) is 5.32 Å². The maximum Gasteiger partial charge on any atom is 0.223 e. The quantitative estimate of drug-likeness (QED) is 0.878. The highest BCUT2D eigenvalue weighted by atomic mass is 35.5.